The molecular weight excluding hydrogens is 192 g/mol. The summed E-state index contributed by atoms with van der Waals surface area (Å²) in [6, 6.07) is -0.477. The third kappa shape index (κ3) is 3.18. The van der Waals surface area contributed by atoms with Crippen LogP contribution in [0.4, 0.5) is 0 Å². The molecule has 0 spiro atoms. The number of nitrogens with two attached hydrogens (primary N) is 1. The Balaban J connectivity index is 2.44. The van der Waals surface area contributed by atoms with Crippen molar-refractivity contribution in [1.29, 1.82) is 0 Å². The van der Waals surface area contributed by atoms with Gasteiger partial charge in [-0.2, -0.15) is 0 Å². The molecule has 1 aliphatic rings. The van der Waals surface area contributed by atoms with Gasteiger partial charge in [-0.3, -0.25) is 4.79 Å². The molecule has 0 aliphatic heterocycles. The van der Waals surface area contributed by atoms with Crippen LogP contribution in [0.3, 0.4) is 0 Å². The van der Waals surface area contributed by atoms with Gasteiger partial charge in [0, 0.05) is 12.0 Å². The zero-order valence-corrected chi connectivity index (χ0v) is 9.62. The van der Waals surface area contributed by atoms with E-state index in [0.717, 1.165) is 25.7 Å². The third-order valence-corrected chi connectivity index (χ3v) is 3.36. The van der Waals surface area contributed by atoms with E-state index < -0.39 is 6.04 Å². The Morgan fingerprint density at radius 2 is 2.33 bits per heavy atom. The van der Waals surface area contributed by atoms with Crippen molar-refractivity contribution in [1.82, 2.24) is 5.32 Å². The van der Waals surface area contributed by atoms with Crippen LogP contribution in [0.5, 0.6) is 0 Å². The SMILES string of the molecule is C[C@@H](N)C(=O)NCC1(C)CCCCC1O. The monoisotopic (exact) mass is 214 g/mol. The van der Waals surface area contributed by atoms with Crippen LogP contribution >= 0.6 is 0 Å². The summed E-state index contributed by atoms with van der Waals surface area (Å²) in [6.07, 6.45) is 3.71. The molecule has 2 unspecified atom stereocenters. The van der Waals surface area contributed by atoms with Crippen LogP contribution in [-0.4, -0.2) is 29.7 Å². The van der Waals surface area contributed by atoms with E-state index in [2.05, 4.69) is 5.32 Å². The summed E-state index contributed by atoms with van der Waals surface area (Å²) in [5, 5.41) is 12.7. The molecule has 88 valence electrons. The second-order valence-electron chi connectivity index (χ2n) is 4.92. The first-order chi connectivity index (χ1) is 6.96. The number of hydrogen-bond donors (Lipinski definition) is 3. The van der Waals surface area contributed by atoms with E-state index in [1.54, 1.807) is 6.92 Å². The summed E-state index contributed by atoms with van der Waals surface area (Å²) in [4.78, 5) is 11.3. The Morgan fingerprint density at radius 3 is 2.87 bits per heavy atom. The predicted molar refractivity (Wildman–Crippen MR) is 59.2 cm³/mol. The lowest BCUT2D eigenvalue weighted by Crippen LogP contribution is -2.48. The smallest absolute Gasteiger partial charge is 0.236 e. The molecule has 15 heavy (non-hydrogen) atoms. The topological polar surface area (TPSA) is 75.4 Å². The summed E-state index contributed by atoms with van der Waals surface area (Å²) in [6.45, 7) is 4.21. The van der Waals surface area contributed by atoms with Crippen LogP contribution in [0.1, 0.15) is 39.5 Å². The summed E-state index contributed by atoms with van der Waals surface area (Å²) in [5.41, 5.74) is 5.28. The summed E-state index contributed by atoms with van der Waals surface area (Å²) in [7, 11) is 0. The second kappa shape index (κ2) is 4.94. The normalized spacial score (nSPS) is 33.5. The van der Waals surface area contributed by atoms with Crippen LogP contribution in [0, 0.1) is 5.41 Å². The largest absolute Gasteiger partial charge is 0.392 e. The van der Waals surface area contributed by atoms with E-state index in [1.165, 1.54) is 0 Å². The first-order valence-corrected chi connectivity index (χ1v) is 5.67. The van der Waals surface area contributed by atoms with Gasteiger partial charge in [-0.15, -0.1) is 0 Å². The molecular formula is C11H22N2O2. The number of hydrogen-bond acceptors (Lipinski definition) is 3. The molecule has 3 atom stereocenters. The van der Waals surface area contributed by atoms with Crippen LogP contribution < -0.4 is 11.1 Å². The van der Waals surface area contributed by atoms with Crippen molar-refractivity contribution < 1.29 is 9.90 Å². The Labute approximate surface area is 91.2 Å². The maximum Gasteiger partial charge on any atom is 0.236 e. The van der Waals surface area contributed by atoms with Gasteiger partial charge >= 0.3 is 0 Å². The number of rotatable bonds is 3. The Bertz CT molecular complexity index is 231. The van der Waals surface area contributed by atoms with E-state index in [1.807, 2.05) is 6.92 Å². The number of nitrogens with one attached hydrogen (secondary N) is 1. The molecule has 1 aliphatic carbocycles. The fourth-order valence-electron chi connectivity index (χ4n) is 2.04. The fourth-order valence-corrected chi connectivity index (χ4v) is 2.04. The third-order valence-electron chi connectivity index (χ3n) is 3.36. The zero-order valence-electron chi connectivity index (χ0n) is 9.62. The van der Waals surface area contributed by atoms with Gasteiger partial charge in [-0.05, 0) is 19.8 Å². The van der Waals surface area contributed by atoms with Crippen molar-refractivity contribution in [3.63, 3.8) is 0 Å². The van der Waals surface area contributed by atoms with Crippen LogP contribution in [0.25, 0.3) is 0 Å². The van der Waals surface area contributed by atoms with Gasteiger partial charge in [0.05, 0.1) is 12.1 Å². The summed E-state index contributed by atoms with van der Waals surface area (Å²) < 4.78 is 0. The van der Waals surface area contributed by atoms with Crippen LogP contribution in [0.15, 0.2) is 0 Å². The average Bonchev–Trinajstić information content (AvgIpc) is 2.19. The minimum absolute atomic E-state index is 0.144. The molecule has 0 heterocycles. The highest BCUT2D eigenvalue weighted by atomic mass is 16.3. The number of aliphatic hydroxyl groups is 1. The molecule has 0 aromatic rings. The highest BCUT2D eigenvalue weighted by Crippen LogP contribution is 2.35. The van der Waals surface area contributed by atoms with Crippen LogP contribution in [-0.2, 0) is 4.79 Å². The molecule has 0 radical (unpaired) electrons. The van der Waals surface area contributed by atoms with E-state index in [4.69, 9.17) is 5.73 Å². The molecule has 4 heteroatoms. The molecule has 4 nitrogen and oxygen atoms in total. The van der Waals surface area contributed by atoms with Crippen molar-refractivity contribution in [3.05, 3.63) is 0 Å². The minimum atomic E-state index is -0.477. The molecule has 1 fully saturated rings. The molecule has 0 saturated heterocycles. The Kier molecular flexibility index (Phi) is 4.11. The number of carbonyl (C=O) groups is 1. The zero-order chi connectivity index (χ0) is 11.5. The summed E-state index contributed by atoms with van der Waals surface area (Å²) >= 11 is 0. The van der Waals surface area contributed by atoms with Gasteiger partial charge in [-0.1, -0.05) is 19.8 Å². The van der Waals surface area contributed by atoms with Gasteiger partial charge in [-0.25, -0.2) is 0 Å². The Morgan fingerprint density at radius 1 is 1.67 bits per heavy atom. The Hall–Kier alpha value is -0.610. The highest BCUT2D eigenvalue weighted by Gasteiger charge is 2.35. The maximum absolute atomic E-state index is 11.3. The molecule has 0 aromatic carbocycles. The minimum Gasteiger partial charge on any atom is -0.392 e. The quantitative estimate of drug-likeness (QED) is 0.636. The standard InChI is InChI=1S/C11H22N2O2/c1-8(12)10(15)13-7-11(2)6-4-3-5-9(11)14/h8-9,14H,3-7,12H2,1-2H3,(H,13,15)/t8-,9?,11?/m1/s1. The molecule has 4 N–H and O–H groups in total. The molecule has 0 bridgehead atoms. The fraction of sp³-hybridized carbons (Fsp3) is 0.909. The van der Waals surface area contributed by atoms with Gasteiger partial charge in [0.1, 0.15) is 0 Å². The van der Waals surface area contributed by atoms with Crippen molar-refractivity contribution in [3.8, 4) is 0 Å². The first-order valence-electron chi connectivity index (χ1n) is 5.67. The lowest BCUT2D eigenvalue weighted by Gasteiger charge is -2.38. The molecule has 1 rings (SSSR count). The summed E-state index contributed by atoms with van der Waals surface area (Å²) in [5.74, 6) is -0.144. The van der Waals surface area contributed by atoms with Gasteiger partial charge in [0.15, 0.2) is 0 Å². The van der Waals surface area contributed by atoms with Crippen molar-refractivity contribution in [2.75, 3.05) is 6.54 Å². The van der Waals surface area contributed by atoms with Gasteiger partial charge < -0.3 is 16.2 Å². The lowest BCUT2D eigenvalue weighted by atomic mass is 9.73. The van der Waals surface area contributed by atoms with Gasteiger partial charge in [0.2, 0.25) is 5.91 Å². The van der Waals surface area contributed by atoms with Crippen molar-refractivity contribution in [2.45, 2.75) is 51.7 Å². The number of amides is 1. The first kappa shape index (κ1) is 12.5. The predicted octanol–water partition coefficient (Wildman–Crippen LogP) is 0.391. The van der Waals surface area contributed by atoms with Crippen LogP contribution in [0.2, 0.25) is 0 Å². The number of aliphatic hydroxyl groups excluding tert-OH is 1. The highest BCUT2D eigenvalue weighted by molar-refractivity contribution is 5.80. The average molecular weight is 214 g/mol. The van der Waals surface area contributed by atoms with E-state index in [-0.39, 0.29) is 17.4 Å². The van der Waals surface area contributed by atoms with E-state index in [9.17, 15) is 9.90 Å². The lowest BCUT2D eigenvalue weighted by molar-refractivity contribution is -0.123. The van der Waals surface area contributed by atoms with E-state index >= 15 is 0 Å². The van der Waals surface area contributed by atoms with E-state index in [0.29, 0.717) is 6.54 Å². The maximum atomic E-state index is 11.3. The van der Waals surface area contributed by atoms with Gasteiger partial charge in [0.25, 0.3) is 0 Å². The number of carbonyl (C=O) groups excluding carboxylic acids is 1. The molecule has 1 amide bonds. The van der Waals surface area contributed by atoms with Crippen molar-refractivity contribution in [2.24, 2.45) is 11.1 Å². The van der Waals surface area contributed by atoms with Crippen molar-refractivity contribution >= 4 is 5.91 Å². The molecule has 1 saturated carbocycles. The molecule has 0 aromatic heterocycles. The second-order valence-corrected chi connectivity index (χ2v) is 4.92.